The van der Waals surface area contributed by atoms with Crippen molar-refractivity contribution in [2.75, 3.05) is 33.5 Å². The third-order valence-electron chi connectivity index (χ3n) is 7.09. The summed E-state index contributed by atoms with van der Waals surface area (Å²) in [7, 11) is 1.70. The summed E-state index contributed by atoms with van der Waals surface area (Å²) in [5.41, 5.74) is 0.234. The maximum Gasteiger partial charge on any atom is 0.416 e. The molecule has 174 valence electrons. The molecule has 2 aliphatic heterocycles. The van der Waals surface area contributed by atoms with Crippen LogP contribution in [0.15, 0.2) is 24.3 Å². The highest BCUT2D eigenvalue weighted by Crippen LogP contribution is 2.41. The average Bonchev–Trinajstić information content (AvgIpc) is 3.20. The molecule has 2 heterocycles. The lowest BCUT2D eigenvalue weighted by Gasteiger charge is -2.45. The fraction of sp³-hybridized carbons (Fsp3) is 0.727. The van der Waals surface area contributed by atoms with Crippen LogP contribution in [0, 0.1) is 5.41 Å². The fourth-order valence-electron chi connectivity index (χ4n) is 5.22. The monoisotopic (exact) mass is 444 g/mol. The van der Waals surface area contributed by atoms with E-state index in [1.807, 2.05) is 0 Å². The first-order chi connectivity index (χ1) is 14.8. The second-order valence-corrected chi connectivity index (χ2v) is 9.14. The van der Waals surface area contributed by atoms with Crippen molar-refractivity contribution in [1.29, 1.82) is 0 Å². The van der Waals surface area contributed by atoms with Gasteiger partial charge >= 0.3 is 6.18 Å². The second kappa shape index (κ2) is 9.31. The molecule has 3 unspecified atom stereocenters. The van der Waals surface area contributed by atoms with Gasteiger partial charge in [-0.3, -0.25) is 20.9 Å². The van der Waals surface area contributed by atoms with Gasteiger partial charge < -0.3 is 4.74 Å². The Morgan fingerprint density at radius 2 is 1.90 bits per heavy atom. The van der Waals surface area contributed by atoms with Crippen LogP contribution in [0.1, 0.15) is 49.3 Å². The molecule has 4 atom stereocenters. The predicted molar refractivity (Wildman–Crippen MR) is 110 cm³/mol. The number of ether oxygens (including phenoxy) is 1. The molecule has 0 spiro atoms. The Labute approximate surface area is 180 Å². The molecule has 9 heteroatoms. The number of hydrogen-bond donors (Lipinski definition) is 3. The van der Waals surface area contributed by atoms with Crippen LogP contribution in [0.4, 0.5) is 17.6 Å². The largest absolute Gasteiger partial charge is 0.416 e. The van der Waals surface area contributed by atoms with Gasteiger partial charge in [-0.25, -0.2) is 4.39 Å². The predicted octanol–water partition coefficient (Wildman–Crippen LogP) is 3.39. The SMILES string of the molecule is COCC1(CNC2NCNC(N3CCC[C@@H]3c3ccc(C(F)(F)F)cc3)C2F)CCC1. The summed E-state index contributed by atoms with van der Waals surface area (Å²) in [5.74, 6) is 0. The van der Waals surface area contributed by atoms with Gasteiger partial charge in [0.15, 0.2) is 6.17 Å². The number of benzene rings is 1. The van der Waals surface area contributed by atoms with Gasteiger partial charge in [-0.15, -0.1) is 0 Å². The molecule has 3 fully saturated rings. The first-order valence-corrected chi connectivity index (χ1v) is 11.1. The van der Waals surface area contributed by atoms with Crippen LogP contribution in [0.2, 0.25) is 0 Å². The van der Waals surface area contributed by atoms with Crippen LogP contribution in [-0.2, 0) is 10.9 Å². The summed E-state index contributed by atoms with van der Waals surface area (Å²) in [6, 6.07) is 5.20. The number of methoxy groups -OCH3 is 1. The van der Waals surface area contributed by atoms with Gasteiger partial charge in [-0.2, -0.15) is 13.2 Å². The zero-order valence-electron chi connectivity index (χ0n) is 17.9. The summed E-state index contributed by atoms with van der Waals surface area (Å²) in [6.45, 7) is 2.56. The van der Waals surface area contributed by atoms with E-state index >= 15 is 4.39 Å². The van der Waals surface area contributed by atoms with E-state index in [9.17, 15) is 13.2 Å². The van der Waals surface area contributed by atoms with Crippen molar-refractivity contribution in [1.82, 2.24) is 20.9 Å². The lowest BCUT2D eigenvalue weighted by Crippen LogP contribution is -2.69. The first kappa shape index (κ1) is 22.9. The Balaban J connectivity index is 1.41. The molecule has 1 aromatic carbocycles. The molecule has 5 nitrogen and oxygen atoms in total. The molecule has 1 aromatic rings. The van der Waals surface area contributed by atoms with Crippen LogP contribution >= 0.6 is 0 Å². The van der Waals surface area contributed by atoms with Crippen LogP contribution in [0.5, 0.6) is 0 Å². The molecule has 4 rings (SSSR count). The highest BCUT2D eigenvalue weighted by molar-refractivity contribution is 5.27. The Morgan fingerprint density at radius 3 is 2.52 bits per heavy atom. The Bertz CT molecular complexity index is 725. The molecule has 1 aliphatic carbocycles. The van der Waals surface area contributed by atoms with E-state index in [0.717, 1.165) is 43.4 Å². The Kier molecular flexibility index (Phi) is 6.88. The second-order valence-electron chi connectivity index (χ2n) is 9.14. The third kappa shape index (κ3) is 4.90. The van der Waals surface area contributed by atoms with E-state index in [2.05, 4.69) is 20.9 Å². The smallest absolute Gasteiger partial charge is 0.384 e. The quantitative estimate of drug-likeness (QED) is 0.563. The van der Waals surface area contributed by atoms with Gasteiger partial charge in [0.05, 0.1) is 24.5 Å². The van der Waals surface area contributed by atoms with Crippen LogP contribution < -0.4 is 16.0 Å². The van der Waals surface area contributed by atoms with Gasteiger partial charge in [-0.05, 0) is 43.4 Å². The lowest BCUT2D eigenvalue weighted by atomic mass is 9.69. The van der Waals surface area contributed by atoms with Gasteiger partial charge in [-0.1, -0.05) is 18.6 Å². The zero-order chi connectivity index (χ0) is 22.1. The van der Waals surface area contributed by atoms with E-state index in [4.69, 9.17) is 4.74 Å². The summed E-state index contributed by atoms with van der Waals surface area (Å²) in [4.78, 5) is 2.07. The van der Waals surface area contributed by atoms with Crippen molar-refractivity contribution in [2.45, 2.75) is 62.8 Å². The molecule has 3 N–H and O–H groups in total. The third-order valence-corrected chi connectivity index (χ3v) is 7.09. The molecule has 3 aliphatic rings. The van der Waals surface area contributed by atoms with Gasteiger partial charge in [0.1, 0.15) is 0 Å². The number of hydrogen-bond acceptors (Lipinski definition) is 5. The minimum Gasteiger partial charge on any atom is -0.384 e. The first-order valence-electron chi connectivity index (χ1n) is 11.1. The molecule has 0 radical (unpaired) electrons. The molecule has 2 saturated heterocycles. The van der Waals surface area contributed by atoms with Crippen molar-refractivity contribution in [2.24, 2.45) is 5.41 Å². The van der Waals surface area contributed by atoms with Gasteiger partial charge in [0.25, 0.3) is 0 Å². The van der Waals surface area contributed by atoms with Crippen molar-refractivity contribution in [3.63, 3.8) is 0 Å². The van der Waals surface area contributed by atoms with E-state index in [1.165, 1.54) is 18.6 Å². The molecule has 31 heavy (non-hydrogen) atoms. The topological polar surface area (TPSA) is 48.6 Å². The number of alkyl halides is 4. The maximum atomic E-state index is 15.5. The number of rotatable bonds is 7. The highest BCUT2D eigenvalue weighted by atomic mass is 19.4. The highest BCUT2D eigenvalue weighted by Gasteiger charge is 2.43. The van der Waals surface area contributed by atoms with Gasteiger partial charge in [0, 0.05) is 38.3 Å². The number of nitrogens with one attached hydrogen (secondary N) is 3. The summed E-state index contributed by atoms with van der Waals surface area (Å²) < 4.78 is 59.6. The molecule has 1 saturated carbocycles. The zero-order valence-corrected chi connectivity index (χ0v) is 17.9. The normalized spacial score (nSPS) is 31.5. The van der Waals surface area contributed by atoms with Crippen LogP contribution in [0.3, 0.4) is 0 Å². The fourth-order valence-corrected chi connectivity index (χ4v) is 5.22. The van der Waals surface area contributed by atoms with E-state index in [-0.39, 0.29) is 11.5 Å². The summed E-state index contributed by atoms with van der Waals surface area (Å²) >= 11 is 0. The van der Waals surface area contributed by atoms with Crippen molar-refractivity contribution in [3.8, 4) is 0 Å². The lowest BCUT2D eigenvalue weighted by molar-refractivity contribution is -0.137. The average molecular weight is 445 g/mol. The Morgan fingerprint density at radius 1 is 1.16 bits per heavy atom. The van der Waals surface area contributed by atoms with Crippen molar-refractivity contribution in [3.05, 3.63) is 35.4 Å². The van der Waals surface area contributed by atoms with E-state index < -0.39 is 30.2 Å². The number of likely N-dealkylation sites (tertiary alicyclic amines) is 1. The van der Waals surface area contributed by atoms with Crippen molar-refractivity contribution < 1.29 is 22.3 Å². The summed E-state index contributed by atoms with van der Waals surface area (Å²) in [6.07, 6.45) is -1.48. The molecular formula is C22H32F4N4O. The summed E-state index contributed by atoms with van der Waals surface area (Å²) in [5, 5.41) is 9.77. The number of nitrogens with zero attached hydrogens (tertiary/aromatic N) is 1. The molecular weight excluding hydrogens is 412 g/mol. The van der Waals surface area contributed by atoms with E-state index in [1.54, 1.807) is 7.11 Å². The minimum absolute atomic E-state index is 0.0902. The van der Waals surface area contributed by atoms with Crippen LogP contribution in [-0.4, -0.2) is 56.9 Å². The van der Waals surface area contributed by atoms with E-state index in [0.29, 0.717) is 26.4 Å². The van der Waals surface area contributed by atoms with Crippen molar-refractivity contribution >= 4 is 0 Å². The van der Waals surface area contributed by atoms with Gasteiger partial charge in [0.2, 0.25) is 0 Å². The standard InChI is InChI=1S/C22H32F4N4O/c1-31-13-21(9-3-10-21)12-27-19-18(23)20(29-14-28-19)30-11-2-4-17(30)15-5-7-16(8-6-15)22(24,25)26/h5-8,17-20,27-29H,2-4,9-14H2,1H3/t17-,18?,19?,20?/m1/s1. The molecule has 0 aromatic heterocycles. The Hall–Kier alpha value is -1.26. The molecule has 0 amide bonds. The maximum absolute atomic E-state index is 15.5. The number of halogens is 4. The van der Waals surface area contributed by atoms with Crippen LogP contribution in [0.25, 0.3) is 0 Å². The minimum atomic E-state index is -4.35. The molecule has 0 bridgehead atoms.